The molecule has 0 aliphatic carbocycles. The highest BCUT2D eigenvalue weighted by Crippen LogP contribution is 2.29. The van der Waals surface area contributed by atoms with Crippen molar-refractivity contribution in [3.05, 3.63) is 0 Å². The molecule has 0 aromatic heterocycles. The van der Waals surface area contributed by atoms with Gasteiger partial charge >= 0.3 is 12.0 Å². The smallest absolute Gasteiger partial charge is 0.321 e. The molecule has 8 heteroatoms. The van der Waals surface area contributed by atoms with Crippen LogP contribution in [0.15, 0.2) is 0 Å². The Morgan fingerprint density at radius 3 is 2.38 bits per heavy atom. The third kappa shape index (κ3) is 6.82. The largest absolute Gasteiger partial charge is 0.439 e. The molecule has 0 radical (unpaired) electrons. The molecular formula is C18H34N4O4. The summed E-state index contributed by atoms with van der Waals surface area (Å²) in [5, 5.41) is 5.29. The second-order valence-corrected chi connectivity index (χ2v) is 8.54. The normalized spacial score (nSPS) is 18.2. The average molecular weight is 370 g/mol. The van der Waals surface area contributed by atoms with Gasteiger partial charge in [0.2, 0.25) is 5.91 Å². The Labute approximate surface area is 156 Å². The molecule has 4 N–H and O–H groups in total. The number of likely N-dealkylation sites (tertiary alicyclic amines) is 1. The number of ether oxygens (including phenoxy) is 1. The Kier molecular flexibility index (Phi) is 7.44. The lowest BCUT2D eigenvalue weighted by molar-refractivity contribution is -0.156. The zero-order chi connectivity index (χ0) is 20.1. The first-order valence-electron chi connectivity index (χ1n) is 9.16. The van der Waals surface area contributed by atoms with E-state index < -0.39 is 23.8 Å². The van der Waals surface area contributed by atoms with Gasteiger partial charge in [-0.05, 0) is 38.0 Å². The molecule has 150 valence electrons. The molecule has 0 bridgehead atoms. The maximum absolute atomic E-state index is 12.9. The van der Waals surface area contributed by atoms with Crippen molar-refractivity contribution in [1.82, 2.24) is 15.5 Å². The van der Waals surface area contributed by atoms with Crippen molar-refractivity contribution >= 4 is 17.9 Å². The molecule has 1 aliphatic rings. The summed E-state index contributed by atoms with van der Waals surface area (Å²) in [5.74, 6) is -0.782. The molecule has 1 heterocycles. The number of urea groups is 1. The highest BCUT2D eigenvalue weighted by Gasteiger charge is 2.35. The predicted molar refractivity (Wildman–Crippen MR) is 99.1 cm³/mol. The van der Waals surface area contributed by atoms with E-state index >= 15 is 0 Å². The van der Waals surface area contributed by atoms with Gasteiger partial charge in [-0.25, -0.2) is 4.79 Å². The number of hydrogen-bond acceptors (Lipinski definition) is 5. The van der Waals surface area contributed by atoms with Crippen LogP contribution in [0.4, 0.5) is 4.79 Å². The Morgan fingerprint density at radius 1 is 1.27 bits per heavy atom. The van der Waals surface area contributed by atoms with Crippen molar-refractivity contribution in [3.63, 3.8) is 0 Å². The third-order valence-corrected chi connectivity index (χ3v) is 4.38. The van der Waals surface area contributed by atoms with Gasteiger partial charge in [0.25, 0.3) is 0 Å². The number of nitrogens with zero attached hydrogens (tertiary/aromatic N) is 1. The number of rotatable bonds is 6. The number of hydrogen-bond donors (Lipinski definition) is 3. The molecule has 26 heavy (non-hydrogen) atoms. The zero-order valence-electron chi connectivity index (χ0n) is 16.8. The summed E-state index contributed by atoms with van der Waals surface area (Å²) < 4.78 is 5.07. The number of carbonyl (C=O) groups is 3. The monoisotopic (exact) mass is 370 g/mol. The van der Waals surface area contributed by atoms with Crippen molar-refractivity contribution in [2.45, 2.75) is 66.2 Å². The molecule has 0 aromatic carbocycles. The average Bonchev–Trinajstić information content (AvgIpc) is 2.49. The highest BCUT2D eigenvalue weighted by atomic mass is 16.6. The fourth-order valence-electron chi connectivity index (χ4n) is 3.12. The lowest BCUT2D eigenvalue weighted by atomic mass is 9.83. The summed E-state index contributed by atoms with van der Waals surface area (Å²) in [6, 6.07) is -1.21. The van der Waals surface area contributed by atoms with Crippen LogP contribution in [0, 0.1) is 11.3 Å². The number of amides is 3. The first-order chi connectivity index (χ1) is 11.9. The third-order valence-electron chi connectivity index (χ3n) is 4.38. The minimum absolute atomic E-state index is 0.0759. The molecule has 1 unspecified atom stereocenters. The highest BCUT2D eigenvalue weighted by molar-refractivity contribution is 5.87. The van der Waals surface area contributed by atoms with E-state index in [1.807, 2.05) is 18.7 Å². The lowest BCUT2D eigenvalue weighted by Crippen LogP contribution is -2.59. The molecule has 1 rings (SSSR count). The molecule has 1 fully saturated rings. The quantitative estimate of drug-likeness (QED) is 0.480. The van der Waals surface area contributed by atoms with Crippen LogP contribution in [0.2, 0.25) is 0 Å². The second-order valence-electron chi connectivity index (χ2n) is 8.54. The first-order valence-corrected chi connectivity index (χ1v) is 9.16. The van der Waals surface area contributed by atoms with Gasteiger partial charge in [0.05, 0.1) is 6.54 Å². The van der Waals surface area contributed by atoms with Crippen LogP contribution in [0.1, 0.15) is 54.4 Å². The minimum atomic E-state index is -1.22. The van der Waals surface area contributed by atoms with Crippen molar-refractivity contribution in [2.24, 2.45) is 17.1 Å². The van der Waals surface area contributed by atoms with Crippen LogP contribution in [-0.2, 0) is 14.3 Å². The topological polar surface area (TPSA) is 114 Å². The minimum Gasteiger partial charge on any atom is -0.439 e. The second kappa shape index (κ2) is 8.70. The van der Waals surface area contributed by atoms with E-state index in [1.54, 1.807) is 13.8 Å². The summed E-state index contributed by atoms with van der Waals surface area (Å²) in [6.07, 6.45) is 2.04. The van der Waals surface area contributed by atoms with Gasteiger partial charge in [-0.15, -0.1) is 0 Å². The van der Waals surface area contributed by atoms with E-state index in [4.69, 9.17) is 10.5 Å². The summed E-state index contributed by atoms with van der Waals surface area (Å²) in [6.45, 7) is 12.3. The number of carbonyl (C=O) groups excluding carboxylic acids is 3. The molecule has 1 atom stereocenters. The lowest BCUT2D eigenvalue weighted by Gasteiger charge is -2.40. The van der Waals surface area contributed by atoms with Gasteiger partial charge in [-0.2, -0.15) is 0 Å². The standard InChI is InChI=1S/C18H34N4O4/c1-12(2)14(15(24)22-9-7-8-17(3,4)11-22)20-16(25)21-18(5,6)26-13(23)10-19/h12,14H,7-11,19H2,1-6H3,(H2,20,21,25). The SMILES string of the molecule is CC(C)C(NC(=O)NC(C)(C)OC(=O)CN)C(=O)N1CCCC(C)(C)C1. The van der Waals surface area contributed by atoms with Crippen LogP contribution >= 0.6 is 0 Å². The predicted octanol–water partition coefficient (Wildman–Crippen LogP) is 1.20. The van der Waals surface area contributed by atoms with Gasteiger partial charge in [0.15, 0.2) is 5.72 Å². The number of esters is 1. The number of piperidine rings is 1. The van der Waals surface area contributed by atoms with E-state index in [9.17, 15) is 14.4 Å². The van der Waals surface area contributed by atoms with E-state index in [2.05, 4.69) is 24.5 Å². The molecule has 0 aromatic rings. The summed E-state index contributed by atoms with van der Waals surface area (Å²) in [4.78, 5) is 38.4. The van der Waals surface area contributed by atoms with Gasteiger partial charge in [-0.3, -0.25) is 9.59 Å². The van der Waals surface area contributed by atoms with Crippen molar-refractivity contribution in [2.75, 3.05) is 19.6 Å². The summed E-state index contributed by atoms with van der Waals surface area (Å²) in [5.41, 5.74) is 4.08. The van der Waals surface area contributed by atoms with Gasteiger partial charge in [-0.1, -0.05) is 27.7 Å². The maximum atomic E-state index is 12.9. The fourth-order valence-corrected chi connectivity index (χ4v) is 3.12. The Hall–Kier alpha value is -1.83. The van der Waals surface area contributed by atoms with E-state index in [-0.39, 0.29) is 23.8 Å². The molecule has 1 saturated heterocycles. The number of nitrogens with one attached hydrogen (secondary N) is 2. The Morgan fingerprint density at radius 2 is 1.88 bits per heavy atom. The summed E-state index contributed by atoms with van der Waals surface area (Å²) in [7, 11) is 0. The molecule has 0 spiro atoms. The molecular weight excluding hydrogens is 336 g/mol. The van der Waals surface area contributed by atoms with E-state index in [1.165, 1.54) is 0 Å². The fraction of sp³-hybridized carbons (Fsp3) is 0.833. The van der Waals surface area contributed by atoms with Crippen LogP contribution in [0.3, 0.4) is 0 Å². The molecule has 3 amide bonds. The van der Waals surface area contributed by atoms with Crippen LogP contribution in [-0.4, -0.2) is 54.2 Å². The zero-order valence-corrected chi connectivity index (χ0v) is 16.8. The summed E-state index contributed by atoms with van der Waals surface area (Å²) >= 11 is 0. The Bertz CT molecular complexity index is 531. The van der Waals surface area contributed by atoms with Gasteiger partial charge < -0.3 is 26.0 Å². The van der Waals surface area contributed by atoms with Crippen molar-refractivity contribution in [3.8, 4) is 0 Å². The van der Waals surface area contributed by atoms with Crippen molar-refractivity contribution < 1.29 is 19.1 Å². The molecule has 0 saturated carbocycles. The van der Waals surface area contributed by atoms with Crippen molar-refractivity contribution in [1.29, 1.82) is 0 Å². The molecule has 1 aliphatic heterocycles. The van der Waals surface area contributed by atoms with E-state index in [0.717, 1.165) is 12.8 Å². The maximum Gasteiger partial charge on any atom is 0.321 e. The van der Waals surface area contributed by atoms with Crippen LogP contribution in [0.25, 0.3) is 0 Å². The number of nitrogens with two attached hydrogens (primary N) is 1. The van der Waals surface area contributed by atoms with Gasteiger partial charge in [0, 0.05) is 13.1 Å². The molecule has 8 nitrogen and oxygen atoms in total. The first kappa shape index (κ1) is 22.2. The van der Waals surface area contributed by atoms with E-state index in [0.29, 0.717) is 13.1 Å². The van der Waals surface area contributed by atoms with Crippen LogP contribution in [0.5, 0.6) is 0 Å². The Balaban J connectivity index is 2.74. The van der Waals surface area contributed by atoms with Gasteiger partial charge in [0.1, 0.15) is 6.04 Å². The van der Waals surface area contributed by atoms with Crippen LogP contribution < -0.4 is 16.4 Å².